The van der Waals surface area contributed by atoms with Crippen LogP contribution in [0.25, 0.3) is 0 Å². The highest BCUT2D eigenvalue weighted by atomic mass is 79.9. The number of phenolic OH excluding ortho intramolecular Hbond substituents is 1. The highest BCUT2D eigenvalue weighted by Crippen LogP contribution is 2.35. The van der Waals surface area contributed by atoms with E-state index >= 15 is 0 Å². The standard InChI is InChI=1S/C17H16BrN3O5/c1-24-15-5-10(4-12(18)17(15)23)7-20-21-16(22)8-19-11-2-3-13-14(6-11)26-9-25-13/h2-7,19,23H,8-9H2,1H3,(H,21,22)/b20-7-. The molecule has 0 saturated heterocycles. The number of hydrogen-bond donors (Lipinski definition) is 3. The van der Waals surface area contributed by atoms with Crippen LogP contribution in [-0.4, -0.2) is 37.7 Å². The predicted molar refractivity (Wildman–Crippen MR) is 99.2 cm³/mol. The fourth-order valence-corrected chi connectivity index (χ4v) is 2.69. The number of halogens is 1. The number of nitrogens with zero attached hydrogens (tertiary/aromatic N) is 1. The first-order valence-corrected chi connectivity index (χ1v) is 8.38. The average Bonchev–Trinajstić information content (AvgIpc) is 3.10. The molecular weight excluding hydrogens is 406 g/mol. The number of hydrazone groups is 1. The van der Waals surface area contributed by atoms with Gasteiger partial charge in [-0.05, 0) is 45.8 Å². The van der Waals surface area contributed by atoms with Crippen LogP contribution in [0.1, 0.15) is 5.56 Å². The first kappa shape index (κ1) is 17.9. The minimum Gasteiger partial charge on any atom is -0.503 e. The van der Waals surface area contributed by atoms with Crippen molar-refractivity contribution in [3.05, 3.63) is 40.4 Å². The molecule has 26 heavy (non-hydrogen) atoms. The summed E-state index contributed by atoms with van der Waals surface area (Å²) in [7, 11) is 1.45. The van der Waals surface area contributed by atoms with Gasteiger partial charge < -0.3 is 24.6 Å². The minimum atomic E-state index is -0.316. The van der Waals surface area contributed by atoms with Gasteiger partial charge in [0, 0.05) is 11.8 Å². The van der Waals surface area contributed by atoms with Gasteiger partial charge in [0.1, 0.15) is 0 Å². The van der Waals surface area contributed by atoms with Crippen LogP contribution in [0.15, 0.2) is 39.9 Å². The maximum Gasteiger partial charge on any atom is 0.259 e. The maximum absolute atomic E-state index is 11.9. The van der Waals surface area contributed by atoms with Crippen molar-refractivity contribution >= 4 is 33.7 Å². The summed E-state index contributed by atoms with van der Waals surface area (Å²) in [5, 5.41) is 16.6. The molecule has 0 radical (unpaired) electrons. The number of amides is 1. The summed E-state index contributed by atoms with van der Waals surface area (Å²) in [6, 6.07) is 8.58. The van der Waals surface area contributed by atoms with Gasteiger partial charge in [0.25, 0.3) is 5.91 Å². The molecule has 0 spiro atoms. The van der Waals surface area contributed by atoms with Gasteiger partial charge >= 0.3 is 0 Å². The Morgan fingerprint density at radius 2 is 2.15 bits per heavy atom. The van der Waals surface area contributed by atoms with E-state index in [2.05, 4.69) is 31.8 Å². The van der Waals surface area contributed by atoms with E-state index in [1.807, 2.05) is 0 Å². The van der Waals surface area contributed by atoms with Crippen molar-refractivity contribution in [1.82, 2.24) is 5.43 Å². The normalized spacial score (nSPS) is 12.2. The van der Waals surface area contributed by atoms with Crippen molar-refractivity contribution < 1.29 is 24.1 Å². The molecule has 136 valence electrons. The zero-order valence-corrected chi connectivity index (χ0v) is 15.4. The average molecular weight is 422 g/mol. The molecule has 0 unspecified atom stereocenters. The Balaban J connectivity index is 1.52. The molecule has 0 fully saturated rings. The summed E-state index contributed by atoms with van der Waals surface area (Å²) >= 11 is 3.22. The van der Waals surface area contributed by atoms with E-state index in [4.69, 9.17) is 14.2 Å². The van der Waals surface area contributed by atoms with Gasteiger partial charge in [0.2, 0.25) is 6.79 Å². The maximum atomic E-state index is 11.9. The lowest BCUT2D eigenvalue weighted by Gasteiger charge is -2.07. The third-order valence-electron chi connectivity index (χ3n) is 3.50. The number of phenols is 1. The number of anilines is 1. The van der Waals surface area contributed by atoms with Gasteiger partial charge in [-0.25, -0.2) is 5.43 Å². The summed E-state index contributed by atoms with van der Waals surface area (Å²) in [6.45, 7) is 0.242. The van der Waals surface area contributed by atoms with E-state index in [-0.39, 0.29) is 25.0 Å². The van der Waals surface area contributed by atoms with Crippen molar-refractivity contribution in [3.8, 4) is 23.0 Å². The molecule has 0 aliphatic carbocycles. The van der Waals surface area contributed by atoms with Crippen LogP contribution in [0.3, 0.4) is 0 Å². The van der Waals surface area contributed by atoms with Gasteiger partial charge in [-0.1, -0.05) is 0 Å². The number of benzene rings is 2. The monoisotopic (exact) mass is 421 g/mol. The highest BCUT2D eigenvalue weighted by molar-refractivity contribution is 9.10. The Morgan fingerprint density at radius 1 is 1.35 bits per heavy atom. The van der Waals surface area contributed by atoms with Crippen LogP contribution in [0.5, 0.6) is 23.0 Å². The van der Waals surface area contributed by atoms with Crippen molar-refractivity contribution in [3.63, 3.8) is 0 Å². The van der Waals surface area contributed by atoms with Crippen molar-refractivity contribution in [2.45, 2.75) is 0 Å². The number of aromatic hydroxyl groups is 1. The van der Waals surface area contributed by atoms with Gasteiger partial charge in [0.15, 0.2) is 23.0 Å². The first-order chi connectivity index (χ1) is 12.6. The number of carbonyl (C=O) groups is 1. The SMILES string of the molecule is COc1cc(/C=N\NC(=O)CNc2ccc3c(c2)OCO3)cc(Br)c1O. The molecule has 8 nitrogen and oxygen atoms in total. The number of hydrogen-bond acceptors (Lipinski definition) is 7. The lowest BCUT2D eigenvalue weighted by Crippen LogP contribution is -2.25. The first-order valence-electron chi connectivity index (χ1n) is 7.59. The Labute approximate surface area is 157 Å². The molecule has 2 aromatic rings. The number of rotatable bonds is 6. The van der Waals surface area contributed by atoms with E-state index in [9.17, 15) is 9.90 Å². The van der Waals surface area contributed by atoms with Gasteiger partial charge in [0.05, 0.1) is 24.3 Å². The van der Waals surface area contributed by atoms with Crippen LogP contribution in [0, 0.1) is 0 Å². The Kier molecular flexibility index (Phi) is 5.47. The summed E-state index contributed by atoms with van der Waals surface area (Å²) in [4.78, 5) is 11.9. The third kappa shape index (κ3) is 4.17. The summed E-state index contributed by atoms with van der Waals surface area (Å²) < 4.78 is 16.0. The second kappa shape index (κ2) is 7.96. The van der Waals surface area contributed by atoms with Gasteiger partial charge in [-0.15, -0.1) is 0 Å². The van der Waals surface area contributed by atoms with Crippen molar-refractivity contribution in [2.75, 3.05) is 25.8 Å². The molecule has 1 aliphatic heterocycles. The van der Waals surface area contributed by atoms with E-state index in [0.29, 0.717) is 27.3 Å². The number of methoxy groups -OCH3 is 1. The molecule has 2 aromatic carbocycles. The summed E-state index contributed by atoms with van der Waals surface area (Å²) in [5.74, 6) is 1.31. The number of carbonyl (C=O) groups excluding carboxylic acids is 1. The third-order valence-corrected chi connectivity index (χ3v) is 4.10. The van der Waals surface area contributed by atoms with E-state index in [1.165, 1.54) is 13.3 Å². The van der Waals surface area contributed by atoms with E-state index in [1.54, 1.807) is 30.3 Å². The number of nitrogens with one attached hydrogen (secondary N) is 2. The minimum absolute atomic E-state index is 0.00149. The quantitative estimate of drug-likeness (QED) is 0.489. The molecule has 3 rings (SSSR count). The smallest absolute Gasteiger partial charge is 0.259 e. The molecule has 9 heteroatoms. The molecule has 0 atom stereocenters. The molecular formula is C17H16BrN3O5. The van der Waals surface area contributed by atoms with Crippen LogP contribution in [-0.2, 0) is 4.79 Å². The van der Waals surface area contributed by atoms with Crippen molar-refractivity contribution in [1.29, 1.82) is 0 Å². The second-order valence-corrected chi connectivity index (χ2v) is 6.12. The summed E-state index contributed by atoms with van der Waals surface area (Å²) in [5.41, 5.74) is 3.80. The van der Waals surface area contributed by atoms with Crippen LogP contribution in [0.2, 0.25) is 0 Å². The van der Waals surface area contributed by atoms with Gasteiger partial charge in [-0.3, -0.25) is 4.79 Å². The fourth-order valence-electron chi connectivity index (χ4n) is 2.23. The molecule has 1 amide bonds. The van der Waals surface area contributed by atoms with Crippen molar-refractivity contribution in [2.24, 2.45) is 5.10 Å². The predicted octanol–water partition coefficient (Wildman–Crippen LogP) is 2.45. The van der Waals surface area contributed by atoms with E-state index < -0.39 is 0 Å². The largest absolute Gasteiger partial charge is 0.503 e. The highest BCUT2D eigenvalue weighted by Gasteiger charge is 2.13. The Hall–Kier alpha value is -2.94. The van der Waals surface area contributed by atoms with Crippen LogP contribution < -0.4 is 25.0 Å². The lowest BCUT2D eigenvalue weighted by molar-refractivity contribution is -0.119. The molecule has 1 aliphatic rings. The topological polar surface area (TPSA) is 101 Å². The van der Waals surface area contributed by atoms with Crippen LogP contribution >= 0.6 is 15.9 Å². The zero-order chi connectivity index (χ0) is 18.5. The molecule has 1 heterocycles. The molecule has 3 N–H and O–H groups in total. The number of ether oxygens (including phenoxy) is 3. The molecule has 0 saturated carbocycles. The second-order valence-electron chi connectivity index (χ2n) is 5.27. The van der Waals surface area contributed by atoms with E-state index in [0.717, 1.165) is 5.69 Å². The molecule has 0 aromatic heterocycles. The Bertz CT molecular complexity index is 857. The zero-order valence-electron chi connectivity index (χ0n) is 13.8. The molecule has 0 bridgehead atoms. The fraction of sp³-hybridized carbons (Fsp3) is 0.176. The van der Waals surface area contributed by atoms with Gasteiger partial charge in [-0.2, -0.15) is 5.10 Å². The van der Waals surface area contributed by atoms with Crippen LogP contribution in [0.4, 0.5) is 5.69 Å². The number of fused-ring (bicyclic) bond motifs is 1. The Morgan fingerprint density at radius 3 is 2.96 bits per heavy atom. The lowest BCUT2D eigenvalue weighted by atomic mass is 10.2. The summed E-state index contributed by atoms with van der Waals surface area (Å²) in [6.07, 6.45) is 1.45.